The van der Waals surface area contributed by atoms with Crippen LogP contribution in [0, 0.1) is 23.6 Å². The van der Waals surface area contributed by atoms with Gasteiger partial charge in [-0.25, -0.2) is 9.37 Å². The normalized spacial score (nSPS) is 24.5. The Morgan fingerprint density at radius 1 is 1.00 bits per heavy atom. The van der Waals surface area contributed by atoms with Crippen LogP contribution < -0.4 is 0 Å². The van der Waals surface area contributed by atoms with E-state index in [1.54, 1.807) is 11.3 Å². The van der Waals surface area contributed by atoms with E-state index < -0.39 is 0 Å². The fourth-order valence-electron chi connectivity index (χ4n) is 4.30. The molecule has 0 radical (unpaired) electrons. The molecule has 1 fully saturated rings. The second-order valence-corrected chi connectivity index (χ2v) is 9.42. The van der Waals surface area contributed by atoms with Crippen molar-refractivity contribution >= 4 is 16.3 Å². The lowest BCUT2D eigenvalue weighted by atomic mass is 9.86. The third-order valence-electron chi connectivity index (χ3n) is 6.36. The SMILES string of the molecule is CC1CCCCC(Cc2cn3cc(-c4ccc(F)cc4)sc3n2)CCC1C. The zero-order chi connectivity index (χ0) is 18.8. The van der Waals surface area contributed by atoms with Gasteiger partial charge < -0.3 is 0 Å². The fourth-order valence-corrected chi connectivity index (χ4v) is 5.29. The van der Waals surface area contributed by atoms with Gasteiger partial charge in [-0.15, -0.1) is 0 Å². The Hall–Kier alpha value is -1.68. The summed E-state index contributed by atoms with van der Waals surface area (Å²) in [6, 6.07) is 6.70. The van der Waals surface area contributed by atoms with Crippen molar-refractivity contribution in [2.75, 3.05) is 0 Å². The van der Waals surface area contributed by atoms with Gasteiger partial charge in [0.25, 0.3) is 0 Å². The maximum atomic E-state index is 13.1. The summed E-state index contributed by atoms with van der Waals surface area (Å²) in [6.07, 6.45) is 13.6. The van der Waals surface area contributed by atoms with E-state index in [2.05, 4.69) is 30.6 Å². The van der Waals surface area contributed by atoms with E-state index in [1.807, 2.05) is 12.1 Å². The van der Waals surface area contributed by atoms with Crippen LogP contribution in [0.5, 0.6) is 0 Å². The van der Waals surface area contributed by atoms with E-state index in [9.17, 15) is 4.39 Å². The Balaban J connectivity index is 1.46. The highest BCUT2D eigenvalue weighted by molar-refractivity contribution is 7.20. The summed E-state index contributed by atoms with van der Waals surface area (Å²) in [7, 11) is 0. The molecular formula is C23H29FN2S. The molecule has 2 aromatic heterocycles. The van der Waals surface area contributed by atoms with E-state index in [-0.39, 0.29) is 5.82 Å². The van der Waals surface area contributed by atoms with Gasteiger partial charge >= 0.3 is 0 Å². The number of benzene rings is 1. The lowest BCUT2D eigenvalue weighted by molar-refractivity contribution is 0.323. The van der Waals surface area contributed by atoms with Crippen molar-refractivity contribution in [3.63, 3.8) is 0 Å². The molecule has 0 N–H and O–H groups in total. The van der Waals surface area contributed by atoms with Crippen molar-refractivity contribution in [2.24, 2.45) is 17.8 Å². The second kappa shape index (κ2) is 8.14. The summed E-state index contributed by atoms with van der Waals surface area (Å²) in [5.74, 6) is 2.28. The molecule has 1 aliphatic carbocycles. The predicted molar refractivity (Wildman–Crippen MR) is 112 cm³/mol. The first-order chi connectivity index (χ1) is 13.1. The van der Waals surface area contributed by atoms with Crippen LogP contribution in [0.15, 0.2) is 36.7 Å². The molecule has 0 aliphatic heterocycles. The van der Waals surface area contributed by atoms with E-state index in [1.165, 1.54) is 56.4 Å². The van der Waals surface area contributed by atoms with Crippen molar-refractivity contribution in [3.8, 4) is 10.4 Å². The quantitative estimate of drug-likeness (QED) is 0.476. The van der Waals surface area contributed by atoms with E-state index >= 15 is 0 Å². The summed E-state index contributed by atoms with van der Waals surface area (Å²) in [5.41, 5.74) is 2.27. The van der Waals surface area contributed by atoms with Crippen molar-refractivity contribution in [1.29, 1.82) is 0 Å². The van der Waals surface area contributed by atoms with Crippen molar-refractivity contribution in [3.05, 3.63) is 48.2 Å². The highest BCUT2D eigenvalue weighted by Crippen LogP contribution is 2.32. The van der Waals surface area contributed by atoms with Gasteiger partial charge in [-0.3, -0.25) is 4.40 Å². The molecule has 0 saturated heterocycles. The largest absolute Gasteiger partial charge is 0.297 e. The van der Waals surface area contributed by atoms with Gasteiger partial charge in [0.1, 0.15) is 5.82 Å². The minimum atomic E-state index is -0.193. The molecule has 4 rings (SSSR count). The molecule has 3 atom stereocenters. The molecule has 0 spiro atoms. The third kappa shape index (κ3) is 4.43. The Labute approximate surface area is 165 Å². The van der Waals surface area contributed by atoms with Crippen molar-refractivity contribution in [2.45, 2.75) is 58.8 Å². The van der Waals surface area contributed by atoms with Gasteiger partial charge in [0.15, 0.2) is 4.96 Å². The number of rotatable bonds is 3. The Morgan fingerprint density at radius 3 is 2.52 bits per heavy atom. The van der Waals surface area contributed by atoms with Crippen molar-refractivity contribution < 1.29 is 4.39 Å². The van der Waals surface area contributed by atoms with Gasteiger partial charge in [0.2, 0.25) is 0 Å². The highest BCUT2D eigenvalue weighted by atomic mass is 32.1. The number of hydrogen-bond acceptors (Lipinski definition) is 2. The Morgan fingerprint density at radius 2 is 1.74 bits per heavy atom. The number of fused-ring (bicyclic) bond motifs is 1. The summed E-state index contributed by atoms with van der Waals surface area (Å²) >= 11 is 1.68. The predicted octanol–water partition coefficient (Wildman–Crippen LogP) is 6.99. The molecule has 4 heteroatoms. The van der Waals surface area contributed by atoms with Crippen LogP contribution in [0.1, 0.15) is 58.1 Å². The van der Waals surface area contributed by atoms with E-state index in [0.717, 1.165) is 39.6 Å². The number of imidazole rings is 1. The molecule has 2 nitrogen and oxygen atoms in total. The molecule has 1 saturated carbocycles. The average molecular weight is 385 g/mol. The van der Waals surface area contributed by atoms with Crippen LogP contribution in [-0.4, -0.2) is 9.38 Å². The van der Waals surface area contributed by atoms with Crippen LogP contribution in [0.2, 0.25) is 0 Å². The average Bonchev–Trinajstić information content (AvgIpc) is 3.22. The molecule has 27 heavy (non-hydrogen) atoms. The first-order valence-corrected chi connectivity index (χ1v) is 11.1. The molecule has 0 bridgehead atoms. The maximum Gasteiger partial charge on any atom is 0.194 e. The van der Waals surface area contributed by atoms with Gasteiger partial charge in [-0.1, -0.05) is 69.4 Å². The molecule has 1 aliphatic rings. The molecular weight excluding hydrogens is 355 g/mol. The standard InChI is InChI=1S/C23H29FN2S/c1-16-5-3-4-6-18(8-7-17(16)2)13-21-14-26-15-22(27-23(26)25-21)19-9-11-20(24)12-10-19/h9-12,14-18H,3-8,13H2,1-2H3. The topological polar surface area (TPSA) is 17.3 Å². The van der Waals surface area contributed by atoms with Crippen LogP contribution in [0.25, 0.3) is 15.4 Å². The maximum absolute atomic E-state index is 13.1. The smallest absolute Gasteiger partial charge is 0.194 e. The van der Waals surface area contributed by atoms with Gasteiger partial charge in [-0.05, 0) is 48.3 Å². The molecule has 3 aromatic rings. The number of thiazole rings is 1. The Kier molecular flexibility index (Phi) is 5.63. The number of hydrogen-bond donors (Lipinski definition) is 0. The first kappa shape index (κ1) is 18.7. The van der Waals surface area contributed by atoms with Crippen LogP contribution >= 0.6 is 11.3 Å². The fraction of sp³-hybridized carbons (Fsp3) is 0.522. The van der Waals surface area contributed by atoms with E-state index in [4.69, 9.17) is 4.98 Å². The molecule has 1 aromatic carbocycles. The summed E-state index contributed by atoms with van der Waals surface area (Å²) in [6.45, 7) is 4.85. The van der Waals surface area contributed by atoms with E-state index in [0.29, 0.717) is 0 Å². The van der Waals surface area contributed by atoms with Gasteiger partial charge in [-0.2, -0.15) is 0 Å². The van der Waals surface area contributed by atoms with Crippen molar-refractivity contribution in [1.82, 2.24) is 9.38 Å². The van der Waals surface area contributed by atoms with Crippen LogP contribution in [-0.2, 0) is 6.42 Å². The highest BCUT2D eigenvalue weighted by Gasteiger charge is 2.20. The lowest BCUT2D eigenvalue weighted by Crippen LogP contribution is -2.10. The third-order valence-corrected chi connectivity index (χ3v) is 7.40. The van der Waals surface area contributed by atoms with Gasteiger partial charge in [0.05, 0.1) is 10.6 Å². The zero-order valence-electron chi connectivity index (χ0n) is 16.3. The summed E-state index contributed by atoms with van der Waals surface area (Å²) in [5, 5.41) is 0. The molecule has 3 unspecified atom stereocenters. The van der Waals surface area contributed by atoms with Crippen LogP contribution in [0.4, 0.5) is 4.39 Å². The number of aromatic nitrogens is 2. The minimum Gasteiger partial charge on any atom is -0.297 e. The molecule has 144 valence electrons. The zero-order valence-corrected chi connectivity index (χ0v) is 17.1. The monoisotopic (exact) mass is 384 g/mol. The second-order valence-electron chi connectivity index (χ2n) is 8.41. The lowest BCUT2D eigenvalue weighted by Gasteiger charge is -2.20. The Bertz CT molecular complexity index is 848. The minimum absolute atomic E-state index is 0.193. The molecule has 0 amide bonds. The number of halogens is 1. The summed E-state index contributed by atoms with van der Waals surface area (Å²) in [4.78, 5) is 7.06. The van der Waals surface area contributed by atoms with Gasteiger partial charge in [0, 0.05) is 12.4 Å². The first-order valence-electron chi connectivity index (χ1n) is 10.3. The van der Waals surface area contributed by atoms with Crippen LogP contribution in [0.3, 0.4) is 0 Å². The summed E-state index contributed by atoms with van der Waals surface area (Å²) < 4.78 is 15.3. The molecule has 2 heterocycles. The number of nitrogens with zero attached hydrogens (tertiary/aromatic N) is 2.